The average molecular weight is 298 g/mol. The number of hydrogen-bond donors (Lipinski definition) is 2. The molecule has 0 heterocycles. The number of aliphatic hydroxyl groups is 1. The van der Waals surface area contributed by atoms with Crippen molar-refractivity contribution in [1.82, 2.24) is 10.2 Å². The Bertz CT molecular complexity index is 270. The maximum Gasteiger partial charge on any atom is 0.401 e. The summed E-state index contributed by atoms with van der Waals surface area (Å²) in [6.45, 7) is 8.88. The van der Waals surface area contributed by atoms with E-state index >= 15 is 0 Å². The van der Waals surface area contributed by atoms with Crippen molar-refractivity contribution < 1.29 is 18.3 Å². The van der Waals surface area contributed by atoms with Crippen molar-refractivity contribution in [2.75, 3.05) is 19.7 Å². The third-order valence-electron chi connectivity index (χ3n) is 3.27. The minimum atomic E-state index is -4.17. The Morgan fingerprint density at radius 3 is 2.05 bits per heavy atom. The molecule has 0 spiro atoms. The van der Waals surface area contributed by atoms with Crippen LogP contribution in [-0.2, 0) is 0 Å². The first-order chi connectivity index (χ1) is 8.99. The topological polar surface area (TPSA) is 35.5 Å². The van der Waals surface area contributed by atoms with Crippen LogP contribution < -0.4 is 5.32 Å². The maximum atomic E-state index is 12.5. The first kappa shape index (κ1) is 19.7. The van der Waals surface area contributed by atoms with E-state index in [9.17, 15) is 18.3 Å². The molecule has 0 saturated carbocycles. The predicted molar refractivity (Wildman–Crippen MR) is 75.8 cm³/mol. The van der Waals surface area contributed by atoms with Gasteiger partial charge in [-0.2, -0.15) is 13.2 Å². The van der Waals surface area contributed by atoms with E-state index in [1.807, 2.05) is 20.8 Å². The second kappa shape index (κ2) is 8.20. The molecule has 0 fully saturated rings. The van der Waals surface area contributed by atoms with Crippen LogP contribution in [0.15, 0.2) is 0 Å². The third kappa shape index (κ3) is 8.76. The number of nitrogens with zero attached hydrogens (tertiary/aromatic N) is 1. The summed E-state index contributed by atoms with van der Waals surface area (Å²) in [6.07, 6.45) is -2.91. The van der Waals surface area contributed by atoms with Crippen molar-refractivity contribution in [2.45, 2.75) is 71.3 Å². The Morgan fingerprint density at radius 1 is 1.15 bits per heavy atom. The van der Waals surface area contributed by atoms with Gasteiger partial charge in [-0.15, -0.1) is 0 Å². The normalized spacial score (nSPS) is 16.2. The van der Waals surface area contributed by atoms with Gasteiger partial charge in [0.1, 0.15) is 0 Å². The Hall–Kier alpha value is -0.330. The second-order valence-electron chi connectivity index (χ2n) is 6.30. The van der Waals surface area contributed by atoms with Crippen molar-refractivity contribution in [3.05, 3.63) is 0 Å². The van der Waals surface area contributed by atoms with Gasteiger partial charge in [0.15, 0.2) is 0 Å². The SMILES string of the molecule is CC(C)NC(C)(CO)CCCN(CC(F)(F)F)C(C)C. The molecule has 0 radical (unpaired) electrons. The Kier molecular flexibility index (Phi) is 8.06. The molecular weight excluding hydrogens is 269 g/mol. The Balaban J connectivity index is 4.35. The fourth-order valence-corrected chi connectivity index (χ4v) is 2.32. The maximum absolute atomic E-state index is 12.5. The van der Waals surface area contributed by atoms with E-state index in [4.69, 9.17) is 0 Å². The number of hydrogen-bond acceptors (Lipinski definition) is 3. The summed E-state index contributed by atoms with van der Waals surface area (Å²) in [5.74, 6) is 0. The van der Waals surface area contributed by atoms with Gasteiger partial charge in [-0.05, 0) is 40.2 Å². The minimum absolute atomic E-state index is 0.0217. The molecule has 0 aromatic rings. The number of aliphatic hydroxyl groups excluding tert-OH is 1. The summed E-state index contributed by atoms with van der Waals surface area (Å²) >= 11 is 0. The molecule has 3 nitrogen and oxygen atoms in total. The molecule has 0 amide bonds. The number of nitrogens with one attached hydrogen (secondary N) is 1. The number of halogens is 3. The fraction of sp³-hybridized carbons (Fsp3) is 1.00. The van der Waals surface area contributed by atoms with Crippen molar-refractivity contribution in [1.29, 1.82) is 0 Å². The van der Waals surface area contributed by atoms with Crippen LogP contribution in [0.2, 0.25) is 0 Å². The number of rotatable bonds is 9. The molecule has 2 N–H and O–H groups in total. The van der Waals surface area contributed by atoms with Gasteiger partial charge in [-0.3, -0.25) is 4.90 Å². The molecule has 0 aromatic carbocycles. The number of alkyl halides is 3. The molecule has 0 aliphatic heterocycles. The molecule has 20 heavy (non-hydrogen) atoms. The summed E-state index contributed by atoms with van der Waals surface area (Å²) in [5.41, 5.74) is -0.435. The molecule has 1 unspecified atom stereocenters. The highest BCUT2D eigenvalue weighted by atomic mass is 19.4. The molecule has 0 aromatic heterocycles. The Morgan fingerprint density at radius 2 is 1.70 bits per heavy atom. The van der Waals surface area contributed by atoms with Crippen LogP contribution in [-0.4, -0.2) is 53.5 Å². The van der Waals surface area contributed by atoms with Crippen LogP contribution in [0.3, 0.4) is 0 Å². The lowest BCUT2D eigenvalue weighted by atomic mass is 9.95. The van der Waals surface area contributed by atoms with E-state index in [0.29, 0.717) is 19.4 Å². The molecule has 6 heteroatoms. The monoisotopic (exact) mass is 298 g/mol. The summed E-state index contributed by atoms with van der Waals surface area (Å²) in [6, 6.07) is 0.0820. The van der Waals surface area contributed by atoms with Gasteiger partial charge in [0.05, 0.1) is 13.2 Å². The van der Waals surface area contributed by atoms with Crippen LogP contribution in [0.5, 0.6) is 0 Å². The largest absolute Gasteiger partial charge is 0.401 e. The van der Waals surface area contributed by atoms with Crippen molar-refractivity contribution in [3.63, 3.8) is 0 Å². The second-order valence-corrected chi connectivity index (χ2v) is 6.30. The predicted octanol–water partition coefficient (Wildman–Crippen LogP) is 2.79. The van der Waals surface area contributed by atoms with E-state index in [-0.39, 0.29) is 18.7 Å². The van der Waals surface area contributed by atoms with E-state index in [1.165, 1.54) is 4.90 Å². The van der Waals surface area contributed by atoms with Crippen molar-refractivity contribution in [2.24, 2.45) is 0 Å². The molecule has 122 valence electrons. The zero-order chi connectivity index (χ0) is 16.0. The van der Waals surface area contributed by atoms with E-state index in [0.717, 1.165) is 0 Å². The summed E-state index contributed by atoms with van der Waals surface area (Å²) in [4.78, 5) is 1.42. The van der Waals surface area contributed by atoms with E-state index in [2.05, 4.69) is 5.32 Å². The van der Waals surface area contributed by atoms with Gasteiger partial charge in [-0.25, -0.2) is 0 Å². The van der Waals surface area contributed by atoms with Gasteiger partial charge in [0.2, 0.25) is 0 Å². The first-order valence-electron chi connectivity index (χ1n) is 7.18. The summed E-state index contributed by atoms with van der Waals surface area (Å²) in [5, 5.41) is 12.7. The van der Waals surface area contributed by atoms with Crippen molar-refractivity contribution >= 4 is 0 Å². The molecule has 0 saturated heterocycles. The van der Waals surface area contributed by atoms with Crippen LogP contribution >= 0.6 is 0 Å². The molecular formula is C14H29F3N2O. The van der Waals surface area contributed by atoms with Crippen LogP contribution in [0.4, 0.5) is 13.2 Å². The van der Waals surface area contributed by atoms with Gasteiger partial charge in [0.25, 0.3) is 0 Å². The average Bonchev–Trinajstić information content (AvgIpc) is 2.24. The first-order valence-corrected chi connectivity index (χ1v) is 7.18. The third-order valence-corrected chi connectivity index (χ3v) is 3.27. The van der Waals surface area contributed by atoms with Gasteiger partial charge in [0, 0.05) is 17.6 Å². The zero-order valence-corrected chi connectivity index (χ0v) is 13.2. The van der Waals surface area contributed by atoms with Gasteiger partial charge >= 0.3 is 6.18 Å². The summed E-state index contributed by atoms with van der Waals surface area (Å²) in [7, 11) is 0. The van der Waals surface area contributed by atoms with E-state index in [1.54, 1.807) is 13.8 Å². The molecule has 0 aliphatic carbocycles. The summed E-state index contributed by atoms with van der Waals surface area (Å²) < 4.78 is 37.4. The molecule has 0 bridgehead atoms. The highest BCUT2D eigenvalue weighted by molar-refractivity contribution is 4.84. The quantitative estimate of drug-likeness (QED) is 0.687. The smallest absolute Gasteiger partial charge is 0.394 e. The van der Waals surface area contributed by atoms with Gasteiger partial charge in [-0.1, -0.05) is 13.8 Å². The standard InChI is InChI=1S/C14H29F3N2O/c1-11(2)18-13(5,10-20)7-6-8-19(12(3)4)9-14(15,16)17/h11-12,18,20H,6-10H2,1-5H3. The molecule has 1 atom stereocenters. The van der Waals surface area contributed by atoms with Crippen LogP contribution in [0.25, 0.3) is 0 Å². The Labute approximate surface area is 120 Å². The lowest BCUT2D eigenvalue weighted by Gasteiger charge is -2.33. The van der Waals surface area contributed by atoms with Crippen LogP contribution in [0, 0.1) is 0 Å². The van der Waals surface area contributed by atoms with Gasteiger partial charge < -0.3 is 10.4 Å². The zero-order valence-electron chi connectivity index (χ0n) is 13.2. The molecule has 0 rings (SSSR count). The lowest BCUT2D eigenvalue weighted by molar-refractivity contribution is -0.149. The fourth-order valence-electron chi connectivity index (χ4n) is 2.32. The minimum Gasteiger partial charge on any atom is -0.394 e. The molecule has 0 aliphatic rings. The van der Waals surface area contributed by atoms with Crippen molar-refractivity contribution in [3.8, 4) is 0 Å². The van der Waals surface area contributed by atoms with Crippen LogP contribution in [0.1, 0.15) is 47.5 Å². The van der Waals surface area contributed by atoms with E-state index < -0.39 is 18.3 Å². The highest BCUT2D eigenvalue weighted by Crippen LogP contribution is 2.20. The highest BCUT2D eigenvalue weighted by Gasteiger charge is 2.32. The lowest BCUT2D eigenvalue weighted by Crippen LogP contribution is -2.49.